The molecule has 0 radical (unpaired) electrons. The van der Waals surface area contributed by atoms with E-state index >= 15 is 0 Å². The molecule has 1 aliphatic carbocycles. The molecule has 6 nitrogen and oxygen atoms in total. The monoisotopic (exact) mass is 291 g/mol. The second-order valence-electron chi connectivity index (χ2n) is 6.32. The van der Waals surface area contributed by atoms with Crippen molar-refractivity contribution in [2.75, 3.05) is 13.1 Å². The summed E-state index contributed by atoms with van der Waals surface area (Å²) in [4.78, 5) is 33.2. The van der Waals surface area contributed by atoms with Crippen molar-refractivity contribution in [3.05, 3.63) is 27.4 Å². The average Bonchev–Trinajstić information content (AvgIpc) is 3.19. The molecule has 1 saturated carbocycles. The van der Waals surface area contributed by atoms with E-state index in [-0.39, 0.29) is 17.0 Å². The summed E-state index contributed by atoms with van der Waals surface area (Å²) in [5.74, 6) is 0.712. The van der Waals surface area contributed by atoms with Crippen molar-refractivity contribution in [2.45, 2.75) is 51.0 Å². The summed E-state index contributed by atoms with van der Waals surface area (Å²) in [6, 6.07) is 0. The first-order chi connectivity index (χ1) is 9.93. The lowest BCUT2D eigenvalue weighted by atomic mass is 9.88. The summed E-state index contributed by atoms with van der Waals surface area (Å²) >= 11 is 0. The molecule has 0 unspecified atom stereocenters. The van der Waals surface area contributed by atoms with Crippen molar-refractivity contribution < 1.29 is 9.90 Å². The SMILES string of the molecule is CCCC1(O)CN(C(=O)c2c(C)nc(C3CC3)[nH]c2=O)C1. The van der Waals surface area contributed by atoms with Crippen molar-refractivity contribution in [1.29, 1.82) is 0 Å². The van der Waals surface area contributed by atoms with E-state index in [0.29, 0.717) is 36.9 Å². The van der Waals surface area contributed by atoms with Crippen LogP contribution in [0.2, 0.25) is 0 Å². The Morgan fingerprint density at radius 2 is 2.14 bits per heavy atom. The summed E-state index contributed by atoms with van der Waals surface area (Å²) in [7, 11) is 0. The fourth-order valence-electron chi connectivity index (χ4n) is 3.00. The molecule has 1 saturated heterocycles. The number of aromatic nitrogens is 2. The van der Waals surface area contributed by atoms with Gasteiger partial charge in [0.25, 0.3) is 11.5 Å². The molecule has 6 heteroatoms. The lowest BCUT2D eigenvalue weighted by Gasteiger charge is -2.46. The number of hydrogen-bond donors (Lipinski definition) is 2. The van der Waals surface area contributed by atoms with Gasteiger partial charge in [-0.3, -0.25) is 9.59 Å². The van der Waals surface area contributed by atoms with Crippen LogP contribution in [0.3, 0.4) is 0 Å². The highest BCUT2D eigenvalue weighted by atomic mass is 16.3. The van der Waals surface area contributed by atoms with Crippen LogP contribution in [0.15, 0.2) is 4.79 Å². The van der Waals surface area contributed by atoms with Gasteiger partial charge in [0, 0.05) is 5.92 Å². The molecule has 1 amide bonds. The van der Waals surface area contributed by atoms with Gasteiger partial charge in [0.15, 0.2) is 0 Å². The van der Waals surface area contributed by atoms with E-state index in [2.05, 4.69) is 9.97 Å². The van der Waals surface area contributed by atoms with Gasteiger partial charge in [0.1, 0.15) is 11.4 Å². The van der Waals surface area contributed by atoms with E-state index in [1.165, 1.54) is 4.90 Å². The molecule has 1 aromatic rings. The van der Waals surface area contributed by atoms with Gasteiger partial charge in [0.2, 0.25) is 0 Å². The first-order valence-corrected chi connectivity index (χ1v) is 7.56. The molecule has 1 aliphatic heterocycles. The Bertz CT molecular complexity index is 628. The molecule has 21 heavy (non-hydrogen) atoms. The molecular weight excluding hydrogens is 270 g/mol. The first kappa shape index (κ1) is 14.3. The minimum Gasteiger partial charge on any atom is -0.386 e. The van der Waals surface area contributed by atoms with Gasteiger partial charge in [-0.1, -0.05) is 13.3 Å². The fraction of sp³-hybridized carbons (Fsp3) is 0.667. The van der Waals surface area contributed by atoms with Gasteiger partial charge in [-0.2, -0.15) is 0 Å². The van der Waals surface area contributed by atoms with Gasteiger partial charge in [-0.05, 0) is 26.2 Å². The van der Waals surface area contributed by atoms with Crippen LogP contribution in [-0.4, -0.2) is 44.6 Å². The van der Waals surface area contributed by atoms with Crippen molar-refractivity contribution in [2.24, 2.45) is 0 Å². The zero-order chi connectivity index (χ0) is 15.2. The predicted octanol–water partition coefficient (Wildman–Crippen LogP) is 0.943. The molecule has 3 rings (SSSR count). The number of rotatable bonds is 4. The number of amides is 1. The van der Waals surface area contributed by atoms with Crippen molar-refractivity contribution in [1.82, 2.24) is 14.9 Å². The molecule has 0 aromatic carbocycles. The number of likely N-dealkylation sites (tertiary alicyclic amines) is 1. The minimum absolute atomic E-state index is 0.109. The molecule has 2 fully saturated rings. The Hall–Kier alpha value is -1.69. The zero-order valence-corrected chi connectivity index (χ0v) is 12.5. The van der Waals surface area contributed by atoms with E-state index in [9.17, 15) is 14.7 Å². The van der Waals surface area contributed by atoms with Crippen LogP contribution in [-0.2, 0) is 0 Å². The van der Waals surface area contributed by atoms with Crippen molar-refractivity contribution in [3.8, 4) is 0 Å². The molecule has 0 atom stereocenters. The molecule has 0 bridgehead atoms. The van der Waals surface area contributed by atoms with Gasteiger partial charge < -0.3 is 15.0 Å². The number of aliphatic hydroxyl groups is 1. The minimum atomic E-state index is -0.785. The van der Waals surface area contributed by atoms with E-state index in [4.69, 9.17) is 0 Å². The lowest BCUT2D eigenvalue weighted by Crippen LogP contribution is -2.63. The van der Waals surface area contributed by atoms with Crippen LogP contribution >= 0.6 is 0 Å². The van der Waals surface area contributed by atoms with Crippen LogP contribution in [0.1, 0.15) is 60.4 Å². The number of hydrogen-bond acceptors (Lipinski definition) is 4. The molecule has 2 N–H and O–H groups in total. The van der Waals surface area contributed by atoms with E-state index in [0.717, 1.165) is 19.3 Å². The highest BCUT2D eigenvalue weighted by molar-refractivity contribution is 5.95. The highest BCUT2D eigenvalue weighted by Crippen LogP contribution is 2.37. The van der Waals surface area contributed by atoms with Crippen LogP contribution in [0.5, 0.6) is 0 Å². The molecular formula is C15H21N3O3. The molecule has 114 valence electrons. The van der Waals surface area contributed by atoms with Crippen molar-refractivity contribution in [3.63, 3.8) is 0 Å². The number of aryl methyl sites for hydroxylation is 1. The van der Waals surface area contributed by atoms with E-state index < -0.39 is 5.60 Å². The van der Waals surface area contributed by atoms with Crippen LogP contribution < -0.4 is 5.56 Å². The lowest BCUT2D eigenvalue weighted by molar-refractivity contribution is -0.0861. The highest BCUT2D eigenvalue weighted by Gasteiger charge is 2.44. The normalized spacial score (nSPS) is 20.2. The largest absolute Gasteiger partial charge is 0.386 e. The first-order valence-electron chi connectivity index (χ1n) is 7.56. The molecule has 1 aromatic heterocycles. The van der Waals surface area contributed by atoms with Gasteiger partial charge >= 0.3 is 0 Å². The van der Waals surface area contributed by atoms with E-state index in [1.54, 1.807) is 6.92 Å². The number of carbonyl (C=O) groups excluding carboxylic acids is 1. The van der Waals surface area contributed by atoms with Gasteiger partial charge in [-0.25, -0.2) is 4.98 Å². The Balaban J connectivity index is 1.78. The maximum atomic E-state index is 12.4. The number of nitrogens with zero attached hydrogens (tertiary/aromatic N) is 2. The number of nitrogens with one attached hydrogen (secondary N) is 1. The van der Waals surface area contributed by atoms with Crippen LogP contribution in [0.4, 0.5) is 0 Å². The summed E-state index contributed by atoms with van der Waals surface area (Å²) < 4.78 is 0. The Morgan fingerprint density at radius 1 is 1.48 bits per heavy atom. The number of aromatic amines is 1. The topological polar surface area (TPSA) is 86.3 Å². The molecule has 2 heterocycles. The maximum absolute atomic E-state index is 12.4. The quantitative estimate of drug-likeness (QED) is 0.864. The standard InChI is InChI=1S/C15H21N3O3/c1-3-6-15(21)7-18(8-15)14(20)11-9(2)16-12(10-4-5-10)17-13(11)19/h10,21H,3-8H2,1-2H3,(H,16,17,19). The number of carbonyl (C=O) groups is 1. The fourth-order valence-corrected chi connectivity index (χ4v) is 3.00. The third-order valence-corrected chi connectivity index (χ3v) is 4.27. The Morgan fingerprint density at radius 3 is 2.67 bits per heavy atom. The smallest absolute Gasteiger partial charge is 0.264 e. The maximum Gasteiger partial charge on any atom is 0.264 e. The Kier molecular flexibility index (Phi) is 3.36. The third kappa shape index (κ3) is 2.60. The van der Waals surface area contributed by atoms with Gasteiger partial charge in [0.05, 0.1) is 24.4 Å². The number of β-amino-alcohol motifs (C(OH)–C–C–N with tert-alkyl or cyclic N) is 1. The second kappa shape index (κ2) is 4.94. The molecule has 2 aliphatic rings. The summed E-state index contributed by atoms with van der Waals surface area (Å²) in [6.07, 6.45) is 3.64. The summed E-state index contributed by atoms with van der Waals surface area (Å²) in [5.41, 5.74) is -0.554. The third-order valence-electron chi connectivity index (χ3n) is 4.27. The van der Waals surface area contributed by atoms with Gasteiger partial charge in [-0.15, -0.1) is 0 Å². The zero-order valence-electron chi connectivity index (χ0n) is 12.5. The van der Waals surface area contributed by atoms with Crippen LogP contribution in [0.25, 0.3) is 0 Å². The summed E-state index contributed by atoms with van der Waals surface area (Å²) in [5, 5.41) is 10.1. The molecule has 0 spiro atoms. The number of H-pyrrole nitrogens is 1. The predicted molar refractivity (Wildman–Crippen MR) is 77.3 cm³/mol. The van der Waals surface area contributed by atoms with Crippen molar-refractivity contribution >= 4 is 5.91 Å². The average molecular weight is 291 g/mol. The Labute approximate surface area is 123 Å². The summed E-state index contributed by atoms with van der Waals surface area (Å²) in [6.45, 7) is 4.29. The van der Waals surface area contributed by atoms with Crippen LogP contribution in [0, 0.1) is 6.92 Å². The second-order valence-corrected chi connectivity index (χ2v) is 6.32. The van der Waals surface area contributed by atoms with E-state index in [1.807, 2.05) is 6.92 Å².